The van der Waals surface area contributed by atoms with Crippen LogP contribution >= 0.6 is 0 Å². The molecule has 0 atom stereocenters. The van der Waals surface area contributed by atoms with E-state index < -0.39 is 0 Å². The monoisotopic (exact) mass is 228 g/mol. The number of anilines is 3. The van der Waals surface area contributed by atoms with Crippen LogP contribution in [0.2, 0.25) is 0 Å². The lowest BCUT2D eigenvalue weighted by molar-refractivity contribution is 0.768. The molecule has 0 spiro atoms. The molecule has 0 amide bonds. The average Bonchev–Trinajstić information content (AvgIpc) is 2.84. The smallest absolute Gasteiger partial charge is 0.205 e. The van der Waals surface area contributed by atoms with E-state index in [9.17, 15) is 0 Å². The Balaban J connectivity index is 1.95. The number of benzene rings is 1. The van der Waals surface area contributed by atoms with Crippen molar-refractivity contribution in [3.8, 4) is 0 Å². The van der Waals surface area contributed by atoms with Gasteiger partial charge in [0.2, 0.25) is 5.95 Å². The summed E-state index contributed by atoms with van der Waals surface area (Å²) in [5.74, 6) is 0.679. The van der Waals surface area contributed by atoms with Gasteiger partial charge in [0.25, 0.3) is 0 Å². The highest BCUT2D eigenvalue weighted by atomic mass is 15.3. The summed E-state index contributed by atoms with van der Waals surface area (Å²) in [5, 5.41) is 7.22. The molecule has 0 aliphatic carbocycles. The molecule has 6 nitrogen and oxygen atoms in total. The van der Waals surface area contributed by atoms with Crippen LogP contribution in [0.4, 0.5) is 17.3 Å². The molecule has 2 heterocycles. The van der Waals surface area contributed by atoms with Crippen LogP contribution in [-0.4, -0.2) is 19.7 Å². The van der Waals surface area contributed by atoms with Gasteiger partial charge in [-0.15, -0.1) is 0 Å². The normalized spacial score (nSPS) is 10.9. The van der Waals surface area contributed by atoms with Gasteiger partial charge < -0.3 is 16.0 Å². The summed E-state index contributed by atoms with van der Waals surface area (Å²) >= 11 is 0. The third-order valence-electron chi connectivity index (χ3n) is 2.47. The van der Waals surface area contributed by atoms with E-state index in [-0.39, 0.29) is 0 Å². The molecule has 2 aromatic heterocycles. The van der Waals surface area contributed by atoms with E-state index in [2.05, 4.69) is 20.4 Å². The van der Waals surface area contributed by atoms with Gasteiger partial charge in [-0.05, 0) is 18.2 Å². The second kappa shape index (κ2) is 3.51. The highest BCUT2D eigenvalue weighted by Gasteiger charge is 2.03. The van der Waals surface area contributed by atoms with Crippen LogP contribution in [0.5, 0.6) is 0 Å². The maximum atomic E-state index is 5.71. The number of nitrogens with zero attached hydrogens (tertiary/aromatic N) is 3. The predicted molar refractivity (Wildman–Crippen MR) is 67.0 cm³/mol. The number of hydrogen-bond donors (Lipinski definition) is 3. The summed E-state index contributed by atoms with van der Waals surface area (Å²) in [6.07, 6.45) is 3.61. The van der Waals surface area contributed by atoms with Gasteiger partial charge in [-0.3, -0.25) is 4.68 Å². The topological polar surface area (TPSA) is 84.5 Å². The quantitative estimate of drug-likeness (QED) is 0.582. The number of aromatic nitrogens is 4. The van der Waals surface area contributed by atoms with E-state index in [1.165, 1.54) is 0 Å². The summed E-state index contributed by atoms with van der Waals surface area (Å²) in [6.45, 7) is 0. The molecule has 0 bridgehead atoms. The zero-order chi connectivity index (χ0) is 11.8. The first-order chi connectivity index (χ1) is 8.20. The molecule has 3 rings (SSSR count). The maximum absolute atomic E-state index is 5.71. The second-order valence-electron chi connectivity index (χ2n) is 3.89. The minimum atomic E-state index is 0.679. The van der Waals surface area contributed by atoms with Gasteiger partial charge in [0.15, 0.2) is 0 Å². The minimum Gasteiger partial charge on any atom is -0.399 e. The summed E-state index contributed by atoms with van der Waals surface area (Å²) in [6, 6.07) is 5.57. The highest BCUT2D eigenvalue weighted by Crippen LogP contribution is 2.19. The molecule has 4 N–H and O–H groups in total. The summed E-state index contributed by atoms with van der Waals surface area (Å²) in [7, 11) is 1.87. The molecule has 0 saturated carbocycles. The third-order valence-corrected chi connectivity index (χ3v) is 2.47. The summed E-state index contributed by atoms with van der Waals surface area (Å²) in [5.41, 5.74) is 9.11. The van der Waals surface area contributed by atoms with E-state index in [0.29, 0.717) is 11.6 Å². The van der Waals surface area contributed by atoms with Crippen molar-refractivity contribution in [2.45, 2.75) is 0 Å². The SMILES string of the molecule is Cn1cc(Nc2nc3ccc(N)cc3[nH]2)cn1. The minimum absolute atomic E-state index is 0.679. The molecule has 0 radical (unpaired) electrons. The Kier molecular flexibility index (Phi) is 2.01. The van der Waals surface area contributed by atoms with Crippen LogP contribution < -0.4 is 11.1 Å². The number of aromatic amines is 1. The van der Waals surface area contributed by atoms with Gasteiger partial charge in [-0.2, -0.15) is 5.10 Å². The largest absolute Gasteiger partial charge is 0.399 e. The highest BCUT2D eigenvalue weighted by molar-refractivity contribution is 5.81. The number of aryl methyl sites for hydroxylation is 1. The van der Waals surface area contributed by atoms with E-state index >= 15 is 0 Å². The molecule has 86 valence electrons. The van der Waals surface area contributed by atoms with Gasteiger partial charge in [-0.1, -0.05) is 0 Å². The molecular weight excluding hydrogens is 216 g/mol. The molecule has 1 aromatic carbocycles. The zero-order valence-corrected chi connectivity index (χ0v) is 9.31. The zero-order valence-electron chi connectivity index (χ0n) is 9.31. The number of nitrogen functional groups attached to an aromatic ring is 1. The number of rotatable bonds is 2. The standard InChI is InChI=1S/C11H12N6/c1-17-6-8(5-13-17)14-11-15-9-3-2-7(12)4-10(9)16-11/h2-6H,12H2,1H3,(H2,14,15,16). The Morgan fingerprint density at radius 1 is 1.41 bits per heavy atom. The van der Waals surface area contributed by atoms with Crippen LogP contribution in [0.15, 0.2) is 30.6 Å². The van der Waals surface area contributed by atoms with Crippen molar-refractivity contribution in [2.24, 2.45) is 7.05 Å². The van der Waals surface area contributed by atoms with Crippen LogP contribution in [0, 0.1) is 0 Å². The first-order valence-corrected chi connectivity index (χ1v) is 5.21. The fourth-order valence-corrected chi connectivity index (χ4v) is 1.71. The second-order valence-corrected chi connectivity index (χ2v) is 3.89. The van der Waals surface area contributed by atoms with Crippen molar-refractivity contribution >= 4 is 28.4 Å². The van der Waals surface area contributed by atoms with E-state index in [1.54, 1.807) is 10.9 Å². The van der Waals surface area contributed by atoms with E-state index in [0.717, 1.165) is 16.7 Å². The predicted octanol–water partition coefficient (Wildman–Crippen LogP) is 1.62. The van der Waals surface area contributed by atoms with Gasteiger partial charge >= 0.3 is 0 Å². The van der Waals surface area contributed by atoms with Crippen LogP contribution in [0.25, 0.3) is 11.0 Å². The van der Waals surface area contributed by atoms with E-state index in [4.69, 9.17) is 5.73 Å². The Hall–Kier alpha value is -2.50. The Morgan fingerprint density at radius 3 is 3.06 bits per heavy atom. The van der Waals surface area contributed by atoms with Gasteiger partial charge in [0.05, 0.1) is 22.9 Å². The van der Waals surface area contributed by atoms with Crippen molar-refractivity contribution in [3.63, 3.8) is 0 Å². The average molecular weight is 228 g/mol. The number of fused-ring (bicyclic) bond motifs is 1. The number of nitrogens with two attached hydrogens (primary N) is 1. The van der Waals surface area contributed by atoms with Crippen molar-refractivity contribution < 1.29 is 0 Å². The lowest BCUT2D eigenvalue weighted by Crippen LogP contribution is -1.90. The fourth-order valence-electron chi connectivity index (χ4n) is 1.71. The van der Waals surface area contributed by atoms with Crippen LogP contribution in [0.3, 0.4) is 0 Å². The fraction of sp³-hybridized carbons (Fsp3) is 0.0909. The maximum Gasteiger partial charge on any atom is 0.205 e. The van der Waals surface area contributed by atoms with Crippen molar-refractivity contribution in [3.05, 3.63) is 30.6 Å². The van der Waals surface area contributed by atoms with E-state index in [1.807, 2.05) is 31.4 Å². The number of H-pyrrole nitrogens is 1. The first kappa shape index (κ1) is 9.71. The molecule has 3 aromatic rings. The molecular formula is C11H12N6. The molecule has 6 heteroatoms. The summed E-state index contributed by atoms with van der Waals surface area (Å²) in [4.78, 5) is 7.55. The Labute approximate surface area is 97.5 Å². The number of nitrogens with one attached hydrogen (secondary N) is 2. The first-order valence-electron chi connectivity index (χ1n) is 5.21. The molecule has 0 saturated heterocycles. The van der Waals surface area contributed by atoms with Gasteiger partial charge in [-0.25, -0.2) is 4.98 Å². The number of hydrogen-bond acceptors (Lipinski definition) is 4. The third kappa shape index (κ3) is 1.80. The lowest BCUT2D eigenvalue weighted by atomic mass is 10.3. The van der Waals surface area contributed by atoms with Gasteiger partial charge in [0, 0.05) is 18.9 Å². The Morgan fingerprint density at radius 2 is 2.29 bits per heavy atom. The molecule has 0 aliphatic heterocycles. The number of imidazole rings is 1. The molecule has 0 unspecified atom stereocenters. The van der Waals surface area contributed by atoms with Crippen molar-refractivity contribution in [1.82, 2.24) is 19.7 Å². The van der Waals surface area contributed by atoms with Crippen LogP contribution in [0.1, 0.15) is 0 Å². The molecule has 17 heavy (non-hydrogen) atoms. The lowest BCUT2D eigenvalue weighted by Gasteiger charge is -1.95. The van der Waals surface area contributed by atoms with Crippen LogP contribution in [-0.2, 0) is 7.05 Å². The van der Waals surface area contributed by atoms with Crippen molar-refractivity contribution in [1.29, 1.82) is 0 Å². The van der Waals surface area contributed by atoms with Crippen molar-refractivity contribution in [2.75, 3.05) is 11.1 Å². The Bertz CT molecular complexity index is 665. The van der Waals surface area contributed by atoms with Gasteiger partial charge in [0.1, 0.15) is 0 Å². The molecule has 0 fully saturated rings. The molecule has 0 aliphatic rings. The summed E-state index contributed by atoms with van der Waals surface area (Å²) < 4.78 is 1.73.